The van der Waals surface area contributed by atoms with Crippen LogP contribution in [-0.2, 0) is 0 Å². The van der Waals surface area contributed by atoms with E-state index in [2.05, 4.69) is 31.2 Å². The molecule has 2 aromatic rings. The molecule has 0 aliphatic carbocycles. The van der Waals surface area contributed by atoms with Gasteiger partial charge < -0.3 is 0 Å². The molecule has 0 bridgehead atoms. The fourth-order valence-electron chi connectivity index (χ4n) is 1.36. The average Bonchev–Trinajstić information content (AvgIpc) is 2.33. The van der Waals surface area contributed by atoms with Gasteiger partial charge in [0.05, 0.1) is 0 Å². The molecule has 0 nitrogen and oxygen atoms in total. The normalized spacial score (nSPS) is 10.2. The molecule has 0 saturated heterocycles. The Morgan fingerprint density at radius 1 is 1.00 bits per heavy atom. The second-order valence-electron chi connectivity index (χ2n) is 3.71. The van der Waals surface area contributed by atoms with Gasteiger partial charge in [-0.1, -0.05) is 0 Å². The van der Waals surface area contributed by atoms with Gasteiger partial charge in [-0.3, -0.25) is 0 Å². The third-order valence-electron chi connectivity index (χ3n) is 2.31. The Balaban J connectivity index is 2.11. The first-order valence-corrected chi connectivity index (χ1v) is 7.69. The average molecular weight is 326 g/mol. The molecule has 0 aliphatic heterocycles. The van der Waals surface area contributed by atoms with Crippen molar-refractivity contribution in [3.63, 3.8) is 0 Å². The van der Waals surface area contributed by atoms with Crippen molar-refractivity contribution >= 4 is 47.0 Å². The van der Waals surface area contributed by atoms with Crippen LogP contribution in [0.3, 0.4) is 0 Å². The Bertz CT molecular complexity index is 517. The molecule has 0 saturated carbocycles. The topological polar surface area (TPSA) is 0 Å². The number of hydrogen-bond acceptors (Lipinski definition) is 1. The van der Waals surface area contributed by atoms with E-state index < -0.39 is 0 Å². The van der Waals surface area contributed by atoms with Crippen molar-refractivity contribution in [3.05, 3.63) is 64.7 Å². The first kappa shape index (κ1) is 12.8. The van der Waals surface area contributed by atoms with Crippen molar-refractivity contribution in [1.29, 1.82) is 0 Å². The maximum atomic E-state index is 5.86. The third-order valence-corrected chi connectivity index (χ3v) is 5.18. The van der Waals surface area contributed by atoms with Crippen LogP contribution in [0.25, 0.3) is 0 Å². The van der Waals surface area contributed by atoms with Gasteiger partial charge in [-0.15, -0.1) is 0 Å². The molecule has 0 fully saturated rings. The van der Waals surface area contributed by atoms with Crippen LogP contribution < -0.4 is 4.46 Å². The van der Waals surface area contributed by atoms with Gasteiger partial charge in [0.2, 0.25) is 0 Å². The molecule has 0 unspecified atom stereocenters. The number of halogens is 1. The Morgan fingerprint density at radius 3 is 2.18 bits per heavy atom. The Morgan fingerprint density at radius 2 is 1.59 bits per heavy atom. The van der Waals surface area contributed by atoms with Crippen LogP contribution in [0.5, 0.6) is 0 Å². The SMILES string of the molecule is Cc1ccc([Se]C(=S)c2ccc(Cl)cc2)cc1. The molecule has 17 heavy (non-hydrogen) atoms. The summed E-state index contributed by atoms with van der Waals surface area (Å²) in [6, 6.07) is 16.3. The summed E-state index contributed by atoms with van der Waals surface area (Å²) in [6.45, 7) is 2.09. The van der Waals surface area contributed by atoms with E-state index in [1.54, 1.807) is 0 Å². The van der Waals surface area contributed by atoms with E-state index in [0.29, 0.717) is 0 Å². The molecule has 0 radical (unpaired) electrons. The maximum absolute atomic E-state index is 5.86. The quantitative estimate of drug-likeness (QED) is 0.616. The fourth-order valence-corrected chi connectivity index (χ4v) is 3.67. The van der Waals surface area contributed by atoms with Crippen molar-refractivity contribution in [3.8, 4) is 0 Å². The molecular weight excluding hydrogens is 315 g/mol. The predicted molar refractivity (Wildman–Crippen MR) is 79.7 cm³/mol. The zero-order valence-electron chi connectivity index (χ0n) is 9.31. The van der Waals surface area contributed by atoms with Gasteiger partial charge in [0, 0.05) is 0 Å². The molecule has 0 atom stereocenters. The summed E-state index contributed by atoms with van der Waals surface area (Å²) >= 11 is 11.5. The summed E-state index contributed by atoms with van der Waals surface area (Å²) in [7, 11) is 0. The number of rotatable bonds is 3. The van der Waals surface area contributed by atoms with Crippen LogP contribution in [-0.4, -0.2) is 18.7 Å². The Hall–Kier alpha value is -0.661. The molecule has 0 amide bonds. The molecule has 0 heterocycles. The molecule has 2 rings (SSSR count). The van der Waals surface area contributed by atoms with Crippen molar-refractivity contribution in [2.45, 2.75) is 6.92 Å². The van der Waals surface area contributed by atoms with Crippen molar-refractivity contribution in [1.82, 2.24) is 0 Å². The predicted octanol–water partition coefficient (Wildman–Crippen LogP) is 3.35. The van der Waals surface area contributed by atoms with E-state index in [1.807, 2.05) is 24.3 Å². The van der Waals surface area contributed by atoms with Crippen LogP contribution in [0.15, 0.2) is 48.5 Å². The second kappa shape index (κ2) is 5.79. The van der Waals surface area contributed by atoms with Gasteiger partial charge in [-0.2, -0.15) is 0 Å². The van der Waals surface area contributed by atoms with E-state index in [-0.39, 0.29) is 15.0 Å². The summed E-state index contributed by atoms with van der Waals surface area (Å²) in [5, 5.41) is 0.749. The molecule has 0 spiro atoms. The molecule has 86 valence electrons. The van der Waals surface area contributed by atoms with Crippen LogP contribution in [0, 0.1) is 6.92 Å². The first-order valence-electron chi connectivity index (χ1n) is 5.19. The van der Waals surface area contributed by atoms with E-state index in [0.717, 1.165) is 14.3 Å². The van der Waals surface area contributed by atoms with E-state index in [1.165, 1.54) is 10.0 Å². The van der Waals surface area contributed by atoms with Crippen molar-refractivity contribution in [2.75, 3.05) is 0 Å². The summed E-state index contributed by atoms with van der Waals surface area (Å²) in [5.74, 6) is 0. The molecule has 0 N–H and O–H groups in total. The minimum atomic E-state index is 0.205. The van der Waals surface area contributed by atoms with Gasteiger partial charge in [0.1, 0.15) is 0 Å². The number of aryl methyl sites for hydroxylation is 1. The molecule has 0 aromatic heterocycles. The summed E-state index contributed by atoms with van der Waals surface area (Å²) in [5.41, 5.74) is 2.38. The Kier molecular flexibility index (Phi) is 4.36. The Labute approximate surface area is 118 Å². The van der Waals surface area contributed by atoms with Crippen LogP contribution in [0.2, 0.25) is 5.02 Å². The van der Waals surface area contributed by atoms with Crippen molar-refractivity contribution < 1.29 is 0 Å². The zero-order valence-corrected chi connectivity index (χ0v) is 12.6. The third kappa shape index (κ3) is 3.65. The summed E-state index contributed by atoms with van der Waals surface area (Å²) in [4.78, 5) is 0. The number of hydrogen-bond donors (Lipinski definition) is 0. The van der Waals surface area contributed by atoms with Crippen LogP contribution in [0.4, 0.5) is 0 Å². The monoisotopic (exact) mass is 326 g/mol. The number of benzene rings is 2. The standard InChI is InChI=1S/C14H11ClSSe/c1-10-2-8-13(9-3-10)17-14(16)11-4-6-12(15)7-5-11/h2-9H,1H3. The first-order chi connectivity index (χ1) is 8.15. The van der Waals surface area contributed by atoms with Gasteiger partial charge in [0.15, 0.2) is 0 Å². The van der Waals surface area contributed by atoms with Crippen LogP contribution >= 0.6 is 23.8 Å². The summed E-state index contributed by atoms with van der Waals surface area (Å²) < 4.78 is 2.32. The molecular formula is C14H11ClSSe. The molecule has 2 aromatic carbocycles. The van der Waals surface area contributed by atoms with Gasteiger partial charge in [-0.25, -0.2) is 0 Å². The number of thiocarbonyl (C=S) groups is 1. The second-order valence-corrected chi connectivity index (χ2v) is 7.41. The van der Waals surface area contributed by atoms with E-state index in [9.17, 15) is 0 Å². The molecule has 0 aliphatic rings. The van der Waals surface area contributed by atoms with E-state index in [4.69, 9.17) is 23.8 Å². The fraction of sp³-hybridized carbons (Fsp3) is 0.0714. The van der Waals surface area contributed by atoms with Gasteiger partial charge in [0.25, 0.3) is 0 Å². The van der Waals surface area contributed by atoms with Crippen LogP contribution in [0.1, 0.15) is 11.1 Å². The summed E-state index contributed by atoms with van der Waals surface area (Å²) in [6.07, 6.45) is 0. The van der Waals surface area contributed by atoms with Gasteiger partial charge >= 0.3 is 119 Å². The van der Waals surface area contributed by atoms with E-state index >= 15 is 0 Å². The van der Waals surface area contributed by atoms with Crippen molar-refractivity contribution in [2.24, 2.45) is 0 Å². The minimum absolute atomic E-state index is 0.205. The molecule has 3 heteroatoms. The van der Waals surface area contributed by atoms with Gasteiger partial charge in [-0.05, 0) is 0 Å². The zero-order chi connectivity index (χ0) is 12.3.